The van der Waals surface area contributed by atoms with Gasteiger partial charge in [0.1, 0.15) is 0 Å². The van der Waals surface area contributed by atoms with E-state index in [0.29, 0.717) is 6.54 Å². The third kappa shape index (κ3) is 4.55. The Kier molecular flexibility index (Phi) is 6.16. The lowest BCUT2D eigenvalue weighted by molar-refractivity contribution is 0.256. The molecule has 0 radical (unpaired) electrons. The molecule has 4 rings (SSSR count). The van der Waals surface area contributed by atoms with Gasteiger partial charge in [0.25, 0.3) is 10.0 Å². The van der Waals surface area contributed by atoms with E-state index in [4.69, 9.17) is 0 Å². The van der Waals surface area contributed by atoms with E-state index in [0.717, 1.165) is 69.0 Å². The van der Waals surface area contributed by atoms with Crippen LogP contribution < -0.4 is 10.0 Å². The molecule has 160 valence electrons. The number of nitrogens with one attached hydrogen (secondary N) is 2. The molecule has 1 fully saturated rings. The molecule has 6 nitrogen and oxygen atoms in total. The molecule has 2 amide bonds. The molecule has 1 saturated heterocycles. The molecule has 2 N–H and O–H groups in total. The Balaban J connectivity index is 1.44. The van der Waals surface area contributed by atoms with Crippen LogP contribution in [0.4, 0.5) is 10.5 Å². The summed E-state index contributed by atoms with van der Waals surface area (Å²) in [5, 5.41) is 3.99. The molecule has 30 heavy (non-hydrogen) atoms. The molecule has 7 heteroatoms. The Morgan fingerprint density at radius 3 is 2.53 bits per heavy atom. The topological polar surface area (TPSA) is 78.5 Å². The van der Waals surface area contributed by atoms with Gasteiger partial charge < -0.3 is 5.32 Å². The zero-order valence-electron chi connectivity index (χ0n) is 17.5. The molecule has 1 aromatic carbocycles. The van der Waals surface area contributed by atoms with Crippen LogP contribution in [0.15, 0.2) is 17.6 Å². The summed E-state index contributed by atoms with van der Waals surface area (Å²) in [7, 11) is -3.87. The van der Waals surface area contributed by atoms with Gasteiger partial charge in [-0.1, -0.05) is 18.1 Å². The molecule has 1 unspecified atom stereocenters. The molecule has 1 heterocycles. The van der Waals surface area contributed by atoms with Crippen LogP contribution in [-0.4, -0.2) is 38.5 Å². The standard InChI is InChI=1S/C23H29N3O3S/c1-2-3-13-26-14-6-9-19(26)12-15-30(28,29)25-23(27)24-22-20-10-4-7-17(20)16-18-8-5-11-21(18)22/h12,15-16,19H,4-11,13-14H2,1H3,(H2,24,25,27)/b15-12+. The fraction of sp³-hybridized carbons (Fsp3) is 0.522. The molecule has 3 aliphatic rings. The number of likely N-dealkylation sites (tertiary alicyclic amines) is 1. The van der Waals surface area contributed by atoms with Crippen molar-refractivity contribution < 1.29 is 13.2 Å². The summed E-state index contributed by atoms with van der Waals surface area (Å²) < 4.78 is 27.1. The van der Waals surface area contributed by atoms with Gasteiger partial charge in [-0.05, 0) is 87.1 Å². The van der Waals surface area contributed by atoms with Crippen molar-refractivity contribution >= 4 is 21.7 Å². The number of amides is 2. The monoisotopic (exact) mass is 427 g/mol. The van der Waals surface area contributed by atoms with E-state index in [1.165, 1.54) is 22.3 Å². The Hall–Kier alpha value is -2.30. The first-order chi connectivity index (χ1) is 14.5. The van der Waals surface area contributed by atoms with E-state index < -0.39 is 16.1 Å². The minimum atomic E-state index is -3.87. The highest BCUT2D eigenvalue weighted by Crippen LogP contribution is 2.38. The summed E-state index contributed by atoms with van der Waals surface area (Å²) >= 11 is 0. The number of hydrogen-bond acceptors (Lipinski definition) is 4. The van der Waals surface area contributed by atoms with Gasteiger partial charge in [0.05, 0.1) is 6.54 Å². The van der Waals surface area contributed by atoms with Gasteiger partial charge in [-0.25, -0.2) is 17.9 Å². The summed E-state index contributed by atoms with van der Waals surface area (Å²) in [6.45, 7) is 3.33. The first-order valence-corrected chi connectivity index (χ1v) is 12.3. The van der Waals surface area contributed by atoms with Gasteiger partial charge in [-0.2, -0.15) is 0 Å². The van der Waals surface area contributed by atoms with Crippen molar-refractivity contribution in [2.45, 2.75) is 64.3 Å². The normalized spacial score (nSPS) is 20.6. The highest BCUT2D eigenvalue weighted by molar-refractivity contribution is 7.92. The van der Waals surface area contributed by atoms with E-state index in [1.54, 1.807) is 13.0 Å². The Morgan fingerprint density at radius 1 is 1.17 bits per heavy atom. The summed E-state index contributed by atoms with van der Waals surface area (Å²) in [6, 6.07) is 1.63. The quantitative estimate of drug-likeness (QED) is 0.708. The Labute approximate surface area is 179 Å². The number of fused-ring (bicyclic) bond motifs is 2. The average Bonchev–Trinajstić information content (AvgIpc) is 3.44. The number of sulfonamides is 1. The number of urea groups is 1. The molecular weight excluding hydrogens is 398 g/mol. The minimum absolute atomic E-state index is 0.0335. The van der Waals surface area contributed by atoms with Crippen LogP contribution in [0.1, 0.15) is 54.9 Å². The predicted molar refractivity (Wildman–Crippen MR) is 119 cm³/mol. The predicted octanol–water partition coefficient (Wildman–Crippen LogP) is 3.12. The third-order valence-electron chi connectivity index (χ3n) is 6.30. The summed E-state index contributed by atoms with van der Waals surface area (Å²) in [5.74, 6) is 5.90. The number of hydrogen-bond donors (Lipinski definition) is 2. The highest BCUT2D eigenvalue weighted by atomic mass is 32.2. The summed E-state index contributed by atoms with van der Waals surface area (Å²) in [6.07, 6.45) is 9.65. The number of carbonyl (C=O) groups is 1. The van der Waals surface area contributed by atoms with Crippen molar-refractivity contribution in [2.24, 2.45) is 0 Å². The van der Waals surface area contributed by atoms with E-state index in [1.807, 2.05) is 0 Å². The SMILES string of the molecule is CC#CCN1CCCC1/C=C/S(=O)(=O)NC(=O)Nc1c2c(cc3c1CCC3)CCC2. The number of aryl methyl sites for hydroxylation is 2. The molecule has 1 aromatic rings. The fourth-order valence-electron chi connectivity index (χ4n) is 4.91. The summed E-state index contributed by atoms with van der Waals surface area (Å²) in [5.41, 5.74) is 5.79. The van der Waals surface area contributed by atoms with Crippen molar-refractivity contribution in [2.75, 3.05) is 18.4 Å². The second-order valence-corrected chi connectivity index (χ2v) is 9.84. The third-order valence-corrected chi connectivity index (χ3v) is 7.28. The van der Waals surface area contributed by atoms with Crippen LogP contribution >= 0.6 is 0 Å². The van der Waals surface area contributed by atoms with Gasteiger partial charge in [0.15, 0.2) is 0 Å². The molecule has 0 bridgehead atoms. The van der Waals surface area contributed by atoms with Gasteiger partial charge in [-0.3, -0.25) is 4.90 Å². The lowest BCUT2D eigenvalue weighted by Crippen LogP contribution is -2.34. The second-order valence-electron chi connectivity index (χ2n) is 8.27. The van der Waals surface area contributed by atoms with E-state index in [2.05, 4.69) is 32.8 Å². The Morgan fingerprint density at radius 2 is 1.87 bits per heavy atom. The lowest BCUT2D eigenvalue weighted by atomic mass is 9.99. The molecule has 1 atom stereocenters. The maximum Gasteiger partial charge on any atom is 0.333 e. The van der Waals surface area contributed by atoms with E-state index >= 15 is 0 Å². The van der Waals surface area contributed by atoms with Crippen LogP contribution in [0.25, 0.3) is 0 Å². The first kappa shape index (κ1) is 21.0. The number of benzene rings is 1. The molecule has 1 aliphatic heterocycles. The number of carbonyl (C=O) groups excluding carboxylic acids is 1. The summed E-state index contributed by atoms with van der Waals surface area (Å²) in [4.78, 5) is 14.7. The number of nitrogens with zero attached hydrogens (tertiary/aromatic N) is 1. The van der Waals surface area contributed by atoms with Crippen molar-refractivity contribution in [1.82, 2.24) is 9.62 Å². The lowest BCUT2D eigenvalue weighted by Gasteiger charge is -2.18. The second kappa shape index (κ2) is 8.83. The van der Waals surface area contributed by atoms with Gasteiger partial charge in [0.2, 0.25) is 0 Å². The first-order valence-electron chi connectivity index (χ1n) is 10.8. The fourth-order valence-corrected chi connectivity index (χ4v) is 5.68. The number of anilines is 1. The van der Waals surface area contributed by atoms with E-state index in [9.17, 15) is 13.2 Å². The maximum atomic E-state index is 12.6. The van der Waals surface area contributed by atoms with Gasteiger partial charge in [-0.15, -0.1) is 5.92 Å². The molecule has 0 aromatic heterocycles. The van der Waals surface area contributed by atoms with Crippen molar-refractivity contribution in [1.29, 1.82) is 0 Å². The smallest absolute Gasteiger partial charge is 0.307 e. The van der Waals surface area contributed by atoms with Crippen LogP contribution in [0.5, 0.6) is 0 Å². The zero-order valence-corrected chi connectivity index (χ0v) is 18.3. The largest absolute Gasteiger partial charge is 0.333 e. The minimum Gasteiger partial charge on any atom is -0.307 e. The van der Waals surface area contributed by atoms with Gasteiger partial charge >= 0.3 is 6.03 Å². The highest BCUT2D eigenvalue weighted by Gasteiger charge is 2.26. The van der Waals surface area contributed by atoms with Crippen LogP contribution in [0, 0.1) is 11.8 Å². The molecule has 0 saturated carbocycles. The van der Waals surface area contributed by atoms with Gasteiger partial charge in [0, 0.05) is 17.1 Å². The Bertz CT molecular complexity index is 1000. The van der Waals surface area contributed by atoms with Crippen LogP contribution in [0.2, 0.25) is 0 Å². The van der Waals surface area contributed by atoms with Crippen molar-refractivity contribution in [3.8, 4) is 11.8 Å². The van der Waals surface area contributed by atoms with Crippen LogP contribution in [-0.2, 0) is 35.7 Å². The van der Waals surface area contributed by atoms with E-state index in [-0.39, 0.29) is 6.04 Å². The molecule has 2 aliphatic carbocycles. The average molecular weight is 428 g/mol. The van der Waals surface area contributed by atoms with Crippen molar-refractivity contribution in [3.63, 3.8) is 0 Å². The molecule has 0 spiro atoms. The molecular formula is C23H29N3O3S. The zero-order chi connectivity index (χ0) is 21.1. The van der Waals surface area contributed by atoms with Crippen LogP contribution in [0.3, 0.4) is 0 Å². The maximum absolute atomic E-state index is 12.6. The van der Waals surface area contributed by atoms with Crippen molar-refractivity contribution in [3.05, 3.63) is 39.8 Å². The number of rotatable bonds is 5.